The minimum atomic E-state index is -0.451. The third-order valence-corrected chi connectivity index (χ3v) is 5.00. The predicted molar refractivity (Wildman–Crippen MR) is 75.6 cm³/mol. The fourth-order valence-electron chi connectivity index (χ4n) is 3.44. The lowest BCUT2D eigenvalue weighted by atomic mass is 9.60. The van der Waals surface area contributed by atoms with Gasteiger partial charge in [-0.25, -0.2) is 4.39 Å². The highest BCUT2D eigenvalue weighted by Gasteiger charge is 2.55. The van der Waals surface area contributed by atoms with Gasteiger partial charge in [-0.05, 0) is 25.0 Å². The maximum absolute atomic E-state index is 13.2. The summed E-state index contributed by atoms with van der Waals surface area (Å²) in [5.74, 6) is 0.433. The van der Waals surface area contributed by atoms with E-state index in [1.807, 2.05) is 0 Å². The number of ether oxygens (including phenoxy) is 1. The van der Waals surface area contributed by atoms with Crippen molar-refractivity contribution in [2.75, 3.05) is 0 Å². The molecular weight excluding hydrogens is 279 g/mol. The van der Waals surface area contributed by atoms with Crippen LogP contribution in [0.4, 0.5) is 4.39 Å². The van der Waals surface area contributed by atoms with E-state index in [1.54, 1.807) is 6.07 Å². The van der Waals surface area contributed by atoms with Crippen molar-refractivity contribution in [2.24, 2.45) is 5.41 Å². The Morgan fingerprint density at radius 2 is 1.90 bits per heavy atom. The Morgan fingerprint density at radius 3 is 2.50 bits per heavy atom. The van der Waals surface area contributed by atoms with Crippen LogP contribution in [0.25, 0.3) is 0 Å². The molecule has 1 spiro atoms. The Kier molecular flexibility index (Phi) is 3.72. The maximum atomic E-state index is 13.2. The Balaban J connectivity index is 1.76. The summed E-state index contributed by atoms with van der Waals surface area (Å²) in [6.45, 7) is 0. The van der Waals surface area contributed by atoms with E-state index in [2.05, 4.69) is 0 Å². The van der Waals surface area contributed by atoms with E-state index >= 15 is 0 Å². The van der Waals surface area contributed by atoms with E-state index in [-0.39, 0.29) is 16.5 Å². The molecule has 1 aromatic rings. The first-order valence-corrected chi connectivity index (χ1v) is 7.65. The molecule has 0 saturated heterocycles. The van der Waals surface area contributed by atoms with Gasteiger partial charge in [-0.15, -0.1) is 0 Å². The molecule has 2 saturated carbocycles. The minimum Gasteiger partial charge on any atom is -0.489 e. The average Bonchev–Trinajstić information content (AvgIpc) is 2.70. The first kappa shape index (κ1) is 13.9. The molecule has 0 amide bonds. The Hall–Kier alpha value is -1.09. The molecule has 2 aliphatic rings. The van der Waals surface area contributed by atoms with E-state index < -0.39 is 5.82 Å². The molecule has 2 fully saturated rings. The quantitative estimate of drug-likeness (QED) is 0.801. The number of hydrogen-bond donors (Lipinski definition) is 0. The minimum absolute atomic E-state index is 0.0584. The molecule has 4 heteroatoms. The number of carbonyl (C=O) groups excluding carboxylic acids is 1. The van der Waals surface area contributed by atoms with Crippen LogP contribution >= 0.6 is 11.6 Å². The summed E-state index contributed by atoms with van der Waals surface area (Å²) in [5, 5.41) is 0.0584. The van der Waals surface area contributed by atoms with Crippen molar-refractivity contribution in [3.8, 4) is 5.75 Å². The van der Waals surface area contributed by atoms with Crippen LogP contribution in [0.3, 0.4) is 0 Å². The SMILES string of the molecule is O=C1CC(Oc2ccc(F)c(Cl)c2)C12CCCCCC2. The zero-order valence-electron chi connectivity index (χ0n) is 11.3. The molecule has 108 valence electrons. The number of hydrogen-bond acceptors (Lipinski definition) is 2. The lowest BCUT2D eigenvalue weighted by Crippen LogP contribution is -2.56. The molecule has 2 aliphatic carbocycles. The van der Waals surface area contributed by atoms with E-state index in [9.17, 15) is 9.18 Å². The summed E-state index contributed by atoms with van der Waals surface area (Å²) in [6, 6.07) is 4.37. The van der Waals surface area contributed by atoms with Crippen LogP contribution in [0.2, 0.25) is 5.02 Å². The second-order valence-corrected chi connectivity index (χ2v) is 6.29. The van der Waals surface area contributed by atoms with E-state index in [0.717, 1.165) is 25.7 Å². The maximum Gasteiger partial charge on any atom is 0.146 e. The number of carbonyl (C=O) groups is 1. The molecule has 0 N–H and O–H groups in total. The first-order valence-electron chi connectivity index (χ1n) is 7.27. The predicted octanol–water partition coefficient (Wildman–Crippen LogP) is 4.54. The normalized spacial score (nSPS) is 25.1. The molecule has 3 rings (SSSR count). The van der Waals surface area contributed by atoms with Gasteiger partial charge in [0.2, 0.25) is 0 Å². The van der Waals surface area contributed by atoms with E-state index in [4.69, 9.17) is 16.3 Å². The van der Waals surface area contributed by atoms with Gasteiger partial charge in [-0.3, -0.25) is 4.79 Å². The highest BCUT2D eigenvalue weighted by Crippen LogP contribution is 2.49. The largest absolute Gasteiger partial charge is 0.489 e. The molecule has 0 aliphatic heterocycles. The summed E-state index contributed by atoms with van der Waals surface area (Å²) in [4.78, 5) is 12.1. The van der Waals surface area contributed by atoms with Gasteiger partial charge in [-0.1, -0.05) is 37.3 Å². The summed E-state index contributed by atoms with van der Waals surface area (Å²) in [6.07, 6.45) is 6.82. The van der Waals surface area contributed by atoms with Crippen molar-refractivity contribution in [2.45, 2.75) is 51.0 Å². The van der Waals surface area contributed by atoms with Gasteiger partial charge >= 0.3 is 0 Å². The third kappa shape index (κ3) is 2.32. The summed E-state index contributed by atoms with van der Waals surface area (Å²) < 4.78 is 19.1. The number of ketones is 1. The second kappa shape index (κ2) is 5.36. The van der Waals surface area contributed by atoms with Crippen molar-refractivity contribution in [1.82, 2.24) is 0 Å². The summed E-state index contributed by atoms with van der Waals surface area (Å²) >= 11 is 5.77. The number of halogens is 2. The molecule has 0 heterocycles. The van der Waals surface area contributed by atoms with Crippen LogP contribution in [-0.4, -0.2) is 11.9 Å². The van der Waals surface area contributed by atoms with E-state index in [1.165, 1.54) is 25.0 Å². The van der Waals surface area contributed by atoms with Crippen LogP contribution < -0.4 is 4.74 Å². The van der Waals surface area contributed by atoms with Crippen molar-refractivity contribution >= 4 is 17.4 Å². The van der Waals surface area contributed by atoms with Gasteiger partial charge in [0.25, 0.3) is 0 Å². The van der Waals surface area contributed by atoms with Crippen molar-refractivity contribution in [3.05, 3.63) is 29.0 Å². The van der Waals surface area contributed by atoms with Crippen LogP contribution in [0, 0.1) is 11.2 Å². The zero-order valence-corrected chi connectivity index (χ0v) is 12.1. The Bertz CT molecular complexity index is 521. The number of benzene rings is 1. The molecule has 1 aromatic carbocycles. The molecule has 1 atom stereocenters. The Morgan fingerprint density at radius 1 is 1.20 bits per heavy atom. The van der Waals surface area contributed by atoms with Crippen molar-refractivity contribution in [1.29, 1.82) is 0 Å². The first-order chi connectivity index (χ1) is 9.62. The highest BCUT2D eigenvalue weighted by atomic mass is 35.5. The third-order valence-electron chi connectivity index (χ3n) is 4.71. The van der Waals surface area contributed by atoms with Crippen LogP contribution in [0.5, 0.6) is 5.75 Å². The fourth-order valence-corrected chi connectivity index (χ4v) is 3.62. The van der Waals surface area contributed by atoms with Gasteiger partial charge in [0.05, 0.1) is 10.4 Å². The molecule has 1 unspecified atom stereocenters. The molecule has 0 radical (unpaired) electrons. The number of Topliss-reactive ketones (excluding diaryl/α,β-unsaturated/α-hetero) is 1. The van der Waals surface area contributed by atoms with Gasteiger partial charge in [-0.2, -0.15) is 0 Å². The van der Waals surface area contributed by atoms with Crippen LogP contribution in [-0.2, 0) is 4.79 Å². The van der Waals surface area contributed by atoms with Crippen LogP contribution in [0.15, 0.2) is 18.2 Å². The van der Waals surface area contributed by atoms with Crippen molar-refractivity contribution in [3.63, 3.8) is 0 Å². The fraction of sp³-hybridized carbons (Fsp3) is 0.562. The van der Waals surface area contributed by atoms with E-state index in [0.29, 0.717) is 18.0 Å². The standard InChI is InChI=1S/C16H18ClFO2/c17-12-9-11(5-6-13(12)18)20-15-10-14(19)16(15)7-3-1-2-4-8-16/h5-6,9,15H,1-4,7-8,10H2. The zero-order chi connectivity index (χ0) is 14.2. The smallest absolute Gasteiger partial charge is 0.146 e. The van der Waals surface area contributed by atoms with Gasteiger partial charge < -0.3 is 4.74 Å². The highest BCUT2D eigenvalue weighted by molar-refractivity contribution is 6.30. The Labute approximate surface area is 123 Å². The van der Waals surface area contributed by atoms with Crippen LogP contribution in [0.1, 0.15) is 44.9 Å². The monoisotopic (exact) mass is 296 g/mol. The molecule has 20 heavy (non-hydrogen) atoms. The van der Waals surface area contributed by atoms with Gasteiger partial charge in [0, 0.05) is 12.5 Å². The van der Waals surface area contributed by atoms with Gasteiger partial charge in [0.15, 0.2) is 0 Å². The summed E-state index contributed by atoms with van der Waals surface area (Å²) in [5.41, 5.74) is -0.294. The second-order valence-electron chi connectivity index (χ2n) is 5.88. The van der Waals surface area contributed by atoms with Gasteiger partial charge in [0.1, 0.15) is 23.5 Å². The average molecular weight is 297 g/mol. The molecular formula is C16H18ClFO2. The van der Waals surface area contributed by atoms with Crippen molar-refractivity contribution < 1.29 is 13.9 Å². The molecule has 0 bridgehead atoms. The topological polar surface area (TPSA) is 26.3 Å². The lowest BCUT2D eigenvalue weighted by molar-refractivity contribution is -0.154. The molecule has 0 aromatic heterocycles. The number of rotatable bonds is 2. The molecule has 2 nitrogen and oxygen atoms in total. The summed E-state index contributed by atoms with van der Waals surface area (Å²) in [7, 11) is 0. The lowest BCUT2D eigenvalue weighted by Gasteiger charge is -2.47.